The molecule has 0 saturated heterocycles. The van der Waals surface area contributed by atoms with Gasteiger partial charge in [0, 0.05) is 17.3 Å². The first kappa shape index (κ1) is 16.0. The summed E-state index contributed by atoms with van der Waals surface area (Å²) in [5.74, 6) is -0.0985. The number of rotatable bonds is 5. The van der Waals surface area contributed by atoms with Gasteiger partial charge in [0.2, 0.25) is 5.91 Å². The zero-order valence-electron chi connectivity index (χ0n) is 12.7. The summed E-state index contributed by atoms with van der Waals surface area (Å²) in [7, 11) is 0. The highest BCUT2D eigenvalue weighted by Gasteiger charge is 2.23. The van der Waals surface area contributed by atoms with E-state index in [4.69, 9.17) is 0 Å². The highest BCUT2D eigenvalue weighted by Crippen LogP contribution is 2.31. The van der Waals surface area contributed by atoms with Gasteiger partial charge in [-0.25, -0.2) is 9.97 Å². The van der Waals surface area contributed by atoms with E-state index in [9.17, 15) is 10.1 Å². The number of amides is 1. The van der Waals surface area contributed by atoms with E-state index in [1.165, 1.54) is 28.7 Å². The summed E-state index contributed by atoms with van der Waals surface area (Å²) in [6.45, 7) is 1.96. The molecule has 1 atom stereocenters. The van der Waals surface area contributed by atoms with Crippen molar-refractivity contribution in [2.75, 3.05) is 5.32 Å². The molecule has 0 aliphatic heterocycles. The number of pyridine rings is 1. The van der Waals surface area contributed by atoms with Crippen molar-refractivity contribution >= 4 is 34.1 Å². The zero-order valence-corrected chi connectivity index (χ0v) is 14.3. The lowest BCUT2D eigenvalue weighted by atomic mass is 10.2. The number of carbonyl (C=O) groups is 1. The molecule has 0 fully saturated rings. The van der Waals surface area contributed by atoms with Crippen molar-refractivity contribution < 1.29 is 4.79 Å². The molecule has 0 spiro atoms. The minimum Gasteiger partial charge on any atom is -0.301 e. The summed E-state index contributed by atoms with van der Waals surface area (Å²) in [6, 6.07) is 4.15. The highest BCUT2D eigenvalue weighted by atomic mass is 32.2. The van der Waals surface area contributed by atoms with Gasteiger partial charge in [-0.3, -0.25) is 4.79 Å². The molecule has 7 heteroatoms. The average Bonchev–Trinajstić information content (AvgIpc) is 3.22. The van der Waals surface area contributed by atoms with Crippen LogP contribution in [0.2, 0.25) is 0 Å². The summed E-state index contributed by atoms with van der Waals surface area (Å²) in [6.07, 6.45) is 5.35. The Bertz CT molecular complexity index is 752. The van der Waals surface area contributed by atoms with Crippen LogP contribution in [0.3, 0.4) is 0 Å². The standard InChI is InChI=1S/C16H16N4OS2/c1-2-13(14(21)20-16-18-6-7-22-16)23-15-11(9-17)8-10-4-3-5-12(10)19-15/h6-8,13H,2-5H2,1H3,(H,18,20,21). The van der Waals surface area contributed by atoms with Crippen molar-refractivity contribution in [3.63, 3.8) is 0 Å². The van der Waals surface area contributed by atoms with Gasteiger partial charge < -0.3 is 5.32 Å². The van der Waals surface area contributed by atoms with E-state index in [0.717, 1.165) is 25.0 Å². The van der Waals surface area contributed by atoms with E-state index in [-0.39, 0.29) is 11.2 Å². The molecule has 23 heavy (non-hydrogen) atoms. The van der Waals surface area contributed by atoms with E-state index in [2.05, 4.69) is 21.4 Å². The number of hydrogen-bond acceptors (Lipinski definition) is 6. The minimum atomic E-state index is -0.294. The zero-order chi connectivity index (χ0) is 16.2. The quantitative estimate of drug-likeness (QED) is 0.841. The van der Waals surface area contributed by atoms with Gasteiger partial charge in [-0.2, -0.15) is 5.26 Å². The van der Waals surface area contributed by atoms with Crippen LogP contribution in [0.5, 0.6) is 0 Å². The molecule has 3 rings (SSSR count). The number of hydrogen-bond donors (Lipinski definition) is 1. The Morgan fingerprint density at radius 2 is 2.43 bits per heavy atom. The molecule has 1 N–H and O–H groups in total. The third-order valence-corrected chi connectivity index (χ3v) is 5.77. The highest BCUT2D eigenvalue weighted by molar-refractivity contribution is 8.00. The molecule has 0 saturated carbocycles. The van der Waals surface area contributed by atoms with E-state index in [1.54, 1.807) is 6.20 Å². The Kier molecular flexibility index (Phi) is 4.94. The maximum absolute atomic E-state index is 12.4. The van der Waals surface area contributed by atoms with Crippen LogP contribution in [-0.4, -0.2) is 21.1 Å². The molecule has 0 radical (unpaired) electrons. The Hall–Kier alpha value is -1.91. The predicted octanol–water partition coefficient (Wildman–Crippen LogP) is 3.41. The fourth-order valence-electron chi connectivity index (χ4n) is 2.55. The third kappa shape index (κ3) is 3.54. The number of thiazole rings is 1. The number of thioether (sulfide) groups is 1. The summed E-state index contributed by atoms with van der Waals surface area (Å²) in [4.78, 5) is 21.1. The number of fused-ring (bicyclic) bond motifs is 1. The molecule has 2 aromatic rings. The van der Waals surface area contributed by atoms with Crippen LogP contribution in [0, 0.1) is 11.3 Å². The molecule has 5 nitrogen and oxygen atoms in total. The molecule has 2 heterocycles. The van der Waals surface area contributed by atoms with Gasteiger partial charge in [-0.15, -0.1) is 11.3 Å². The molecule has 1 aliphatic carbocycles. The average molecular weight is 344 g/mol. The number of nitriles is 1. The van der Waals surface area contributed by atoms with Crippen LogP contribution in [0.25, 0.3) is 0 Å². The Labute approximate surface area is 143 Å². The van der Waals surface area contributed by atoms with Gasteiger partial charge in [0.15, 0.2) is 5.13 Å². The first-order chi connectivity index (χ1) is 11.2. The molecular formula is C16H16N4OS2. The van der Waals surface area contributed by atoms with Crippen LogP contribution in [-0.2, 0) is 17.6 Å². The molecule has 1 amide bonds. The maximum Gasteiger partial charge on any atom is 0.239 e. The van der Waals surface area contributed by atoms with E-state index >= 15 is 0 Å². The molecule has 1 unspecified atom stereocenters. The summed E-state index contributed by atoms with van der Waals surface area (Å²) in [5.41, 5.74) is 2.81. The monoisotopic (exact) mass is 344 g/mol. The van der Waals surface area contributed by atoms with E-state index < -0.39 is 0 Å². The van der Waals surface area contributed by atoms with E-state index in [0.29, 0.717) is 22.1 Å². The van der Waals surface area contributed by atoms with Gasteiger partial charge in [-0.05, 0) is 37.3 Å². The topological polar surface area (TPSA) is 78.7 Å². The largest absolute Gasteiger partial charge is 0.301 e. The van der Waals surface area contributed by atoms with Gasteiger partial charge in [-0.1, -0.05) is 18.7 Å². The fourth-order valence-corrected chi connectivity index (χ4v) is 4.08. The van der Waals surface area contributed by atoms with Gasteiger partial charge in [0.05, 0.1) is 10.8 Å². The van der Waals surface area contributed by atoms with Crippen LogP contribution in [0.1, 0.15) is 36.6 Å². The Morgan fingerprint density at radius 1 is 1.57 bits per heavy atom. The predicted molar refractivity (Wildman–Crippen MR) is 91.7 cm³/mol. The fraction of sp³-hybridized carbons (Fsp3) is 0.375. The smallest absolute Gasteiger partial charge is 0.239 e. The minimum absolute atomic E-state index is 0.0985. The second kappa shape index (κ2) is 7.11. The number of aryl methyl sites for hydroxylation is 2. The molecule has 0 aromatic carbocycles. The van der Waals surface area contributed by atoms with Crippen molar-refractivity contribution in [2.24, 2.45) is 0 Å². The van der Waals surface area contributed by atoms with Crippen LogP contribution in [0.4, 0.5) is 5.13 Å². The second-order valence-electron chi connectivity index (χ2n) is 5.25. The van der Waals surface area contributed by atoms with Crippen molar-refractivity contribution in [2.45, 2.75) is 42.9 Å². The molecule has 1 aliphatic rings. The maximum atomic E-state index is 12.4. The van der Waals surface area contributed by atoms with E-state index in [1.807, 2.05) is 18.4 Å². The van der Waals surface area contributed by atoms with Gasteiger partial charge in [0.25, 0.3) is 0 Å². The van der Waals surface area contributed by atoms with Crippen LogP contribution >= 0.6 is 23.1 Å². The lowest BCUT2D eigenvalue weighted by Crippen LogP contribution is -2.24. The normalized spacial score (nSPS) is 14.1. The first-order valence-corrected chi connectivity index (χ1v) is 9.27. The lowest BCUT2D eigenvalue weighted by Gasteiger charge is -2.14. The number of anilines is 1. The van der Waals surface area contributed by atoms with Crippen LogP contribution < -0.4 is 5.32 Å². The Balaban J connectivity index is 1.79. The Morgan fingerprint density at radius 3 is 3.13 bits per heavy atom. The number of aromatic nitrogens is 2. The molecule has 118 valence electrons. The van der Waals surface area contributed by atoms with Crippen molar-refractivity contribution in [1.29, 1.82) is 5.26 Å². The first-order valence-electron chi connectivity index (χ1n) is 7.51. The lowest BCUT2D eigenvalue weighted by molar-refractivity contribution is -0.115. The van der Waals surface area contributed by atoms with Crippen molar-refractivity contribution in [1.82, 2.24) is 9.97 Å². The molecule has 0 bridgehead atoms. The second-order valence-corrected chi connectivity index (χ2v) is 7.34. The number of carbonyl (C=O) groups excluding carboxylic acids is 1. The summed E-state index contributed by atoms with van der Waals surface area (Å²) < 4.78 is 0. The SMILES string of the molecule is CCC(Sc1nc2c(cc1C#N)CCC2)C(=O)Nc1nccs1. The third-order valence-electron chi connectivity index (χ3n) is 3.72. The number of nitrogens with zero attached hydrogens (tertiary/aromatic N) is 3. The van der Waals surface area contributed by atoms with Gasteiger partial charge >= 0.3 is 0 Å². The molecule has 2 aromatic heterocycles. The summed E-state index contributed by atoms with van der Waals surface area (Å²) in [5, 5.41) is 15.0. The van der Waals surface area contributed by atoms with Gasteiger partial charge in [0.1, 0.15) is 11.1 Å². The van der Waals surface area contributed by atoms with Crippen molar-refractivity contribution in [3.05, 3.63) is 34.5 Å². The summed E-state index contributed by atoms with van der Waals surface area (Å²) >= 11 is 2.76. The van der Waals surface area contributed by atoms with Crippen LogP contribution in [0.15, 0.2) is 22.7 Å². The van der Waals surface area contributed by atoms with Crippen molar-refractivity contribution in [3.8, 4) is 6.07 Å². The molecular weight excluding hydrogens is 328 g/mol. The number of nitrogens with one attached hydrogen (secondary N) is 1.